The first-order valence-corrected chi connectivity index (χ1v) is 10.4. The number of rotatable bonds is 7. The Morgan fingerprint density at radius 2 is 1.87 bits per heavy atom. The molecule has 0 bridgehead atoms. The molecule has 0 unspecified atom stereocenters. The molecule has 0 aliphatic heterocycles. The quantitative estimate of drug-likeness (QED) is 0.441. The maximum absolute atomic E-state index is 13.3. The molecule has 1 aliphatic rings. The van der Waals surface area contributed by atoms with Gasteiger partial charge in [-0.25, -0.2) is 0 Å². The molecule has 1 heterocycles. The Balaban J connectivity index is 1.65. The highest BCUT2D eigenvalue weighted by Crippen LogP contribution is 2.30. The first-order chi connectivity index (χ1) is 14.9. The maximum Gasteiger partial charge on any atom is 0.262 e. The molecule has 1 aromatic heterocycles. The van der Waals surface area contributed by atoms with E-state index in [9.17, 15) is 14.4 Å². The first kappa shape index (κ1) is 20.7. The van der Waals surface area contributed by atoms with Crippen LogP contribution in [0.15, 0.2) is 59.9 Å². The van der Waals surface area contributed by atoms with Crippen molar-refractivity contribution in [3.8, 4) is 0 Å². The molecule has 158 valence electrons. The number of hydrogen-bond acceptors (Lipinski definition) is 4. The van der Waals surface area contributed by atoms with Crippen LogP contribution in [0.25, 0.3) is 10.9 Å². The number of allylic oxidation sites excluding steroid dienone is 1. The molecule has 1 saturated carbocycles. The number of benzene rings is 2. The van der Waals surface area contributed by atoms with Crippen molar-refractivity contribution in [2.75, 3.05) is 0 Å². The summed E-state index contributed by atoms with van der Waals surface area (Å²) in [6.07, 6.45) is 3.51. The molecule has 0 radical (unpaired) electrons. The van der Waals surface area contributed by atoms with Gasteiger partial charge in [-0.1, -0.05) is 18.2 Å². The second-order valence-electron chi connectivity index (χ2n) is 7.62. The van der Waals surface area contributed by atoms with E-state index in [4.69, 9.17) is 18.0 Å². The fraction of sp³-hybridized carbons (Fsp3) is 0.217. The number of nitrogens with zero attached hydrogens (tertiary/aromatic N) is 2. The van der Waals surface area contributed by atoms with E-state index in [1.165, 1.54) is 4.57 Å². The molecular weight excluding hydrogens is 412 g/mol. The average molecular weight is 435 g/mol. The zero-order valence-electron chi connectivity index (χ0n) is 16.8. The number of carbonyl (C=O) groups is 2. The molecule has 3 N–H and O–H groups in total. The molecule has 3 aromatic rings. The summed E-state index contributed by atoms with van der Waals surface area (Å²) in [5.74, 6) is -0.597. The number of H-pyrrole nitrogens is 1. The Bertz CT molecular complexity index is 1300. The van der Waals surface area contributed by atoms with Crippen molar-refractivity contribution >= 4 is 34.9 Å². The first-order valence-electron chi connectivity index (χ1n) is 9.96. The Morgan fingerprint density at radius 3 is 2.48 bits per heavy atom. The summed E-state index contributed by atoms with van der Waals surface area (Å²) in [4.78, 5) is 42.1. The number of carbonyl (C=O) groups excluding carboxylic acids is 2. The number of hydrogen-bond donors (Lipinski definition) is 2. The molecule has 0 spiro atoms. The highest BCUT2D eigenvalue weighted by atomic mass is 32.1. The van der Waals surface area contributed by atoms with E-state index in [0.717, 1.165) is 18.4 Å². The summed E-state index contributed by atoms with van der Waals surface area (Å²) in [7, 11) is 0. The minimum atomic E-state index is -0.484. The Hall–Kier alpha value is -3.52. The van der Waals surface area contributed by atoms with Crippen LogP contribution in [0.2, 0.25) is 0 Å². The standard InChI is InChI=1S/C23H22N4O3S/c1-2-11-26-22(30)18-10-7-16(12-19(18)25-23(26)31)21(29)27(17-8-9-17)13-14-3-5-15(6-4-14)20(24)28/h2-7,10,12,17H,1,8-9,11,13H2,(H2,24,28)(H,25,31). The van der Waals surface area contributed by atoms with Gasteiger partial charge in [0, 0.05) is 30.3 Å². The molecule has 7 nitrogen and oxygen atoms in total. The van der Waals surface area contributed by atoms with Gasteiger partial charge >= 0.3 is 0 Å². The van der Waals surface area contributed by atoms with Gasteiger partial charge in [-0.05, 0) is 61.0 Å². The highest BCUT2D eigenvalue weighted by Gasteiger charge is 2.33. The van der Waals surface area contributed by atoms with Gasteiger partial charge in [0.25, 0.3) is 11.5 Å². The van der Waals surface area contributed by atoms with E-state index in [2.05, 4.69) is 11.6 Å². The van der Waals surface area contributed by atoms with E-state index >= 15 is 0 Å². The van der Waals surface area contributed by atoms with Crippen molar-refractivity contribution < 1.29 is 9.59 Å². The zero-order valence-corrected chi connectivity index (χ0v) is 17.7. The van der Waals surface area contributed by atoms with Gasteiger partial charge in [-0.3, -0.25) is 19.0 Å². The summed E-state index contributed by atoms with van der Waals surface area (Å²) < 4.78 is 1.72. The number of primary amides is 1. The number of aromatic nitrogens is 2. The number of fused-ring (bicyclic) bond motifs is 1. The summed E-state index contributed by atoms with van der Waals surface area (Å²) in [6.45, 7) is 4.39. The Morgan fingerprint density at radius 1 is 1.19 bits per heavy atom. The smallest absolute Gasteiger partial charge is 0.262 e. The molecular formula is C23H22N4O3S. The zero-order chi connectivity index (χ0) is 22.1. The van der Waals surface area contributed by atoms with Gasteiger partial charge in [0.15, 0.2) is 4.77 Å². The van der Waals surface area contributed by atoms with Crippen LogP contribution in [0.3, 0.4) is 0 Å². The largest absolute Gasteiger partial charge is 0.366 e. The van der Waals surface area contributed by atoms with Crippen molar-refractivity contribution in [2.24, 2.45) is 5.73 Å². The van der Waals surface area contributed by atoms with Gasteiger partial charge in [0.2, 0.25) is 5.91 Å². The van der Waals surface area contributed by atoms with Crippen LogP contribution in [0, 0.1) is 4.77 Å². The van der Waals surface area contributed by atoms with Gasteiger partial charge in [0.1, 0.15) is 0 Å². The van der Waals surface area contributed by atoms with Gasteiger partial charge in [0.05, 0.1) is 10.9 Å². The van der Waals surface area contributed by atoms with E-state index < -0.39 is 5.91 Å². The lowest BCUT2D eigenvalue weighted by atomic mass is 10.1. The fourth-order valence-electron chi connectivity index (χ4n) is 3.57. The maximum atomic E-state index is 13.3. The average Bonchev–Trinajstić information content (AvgIpc) is 3.59. The van der Waals surface area contributed by atoms with Gasteiger partial charge < -0.3 is 15.6 Å². The third-order valence-electron chi connectivity index (χ3n) is 5.38. The lowest BCUT2D eigenvalue weighted by Gasteiger charge is -2.23. The topological polar surface area (TPSA) is 101 Å². The van der Waals surface area contributed by atoms with E-state index in [-0.39, 0.29) is 22.3 Å². The second-order valence-corrected chi connectivity index (χ2v) is 8.01. The lowest BCUT2D eigenvalue weighted by molar-refractivity contribution is 0.0729. The molecule has 4 rings (SSSR count). The van der Waals surface area contributed by atoms with Crippen LogP contribution >= 0.6 is 12.2 Å². The second kappa shape index (κ2) is 8.31. The molecule has 8 heteroatoms. The number of nitrogens with one attached hydrogen (secondary N) is 1. The van der Waals surface area contributed by atoms with Crippen LogP contribution < -0.4 is 11.3 Å². The van der Waals surface area contributed by atoms with Crippen molar-refractivity contribution in [2.45, 2.75) is 32.0 Å². The third-order valence-corrected chi connectivity index (χ3v) is 5.70. The predicted octanol–water partition coefficient (Wildman–Crippen LogP) is 3.15. The molecule has 2 aromatic carbocycles. The summed E-state index contributed by atoms with van der Waals surface area (Å²) in [6, 6.07) is 12.1. The molecule has 0 saturated heterocycles. The third kappa shape index (κ3) is 4.20. The number of amides is 2. The lowest BCUT2D eigenvalue weighted by Crippen LogP contribution is -2.32. The molecule has 31 heavy (non-hydrogen) atoms. The molecule has 0 atom stereocenters. The normalized spacial score (nSPS) is 13.2. The van der Waals surface area contributed by atoms with Crippen LogP contribution in [0.5, 0.6) is 0 Å². The van der Waals surface area contributed by atoms with Crippen molar-refractivity contribution in [1.29, 1.82) is 0 Å². The molecule has 1 fully saturated rings. The summed E-state index contributed by atoms with van der Waals surface area (Å²) in [5.41, 5.74) is 7.44. The Labute approximate surface area is 183 Å². The van der Waals surface area contributed by atoms with Crippen LogP contribution in [-0.4, -0.2) is 32.3 Å². The van der Waals surface area contributed by atoms with E-state index in [1.807, 2.05) is 17.0 Å². The minimum Gasteiger partial charge on any atom is -0.366 e. The molecule has 2 amide bonds. The molecule has 1 aliphatic carbocycles. The van der Waals surface area contributed by atoms with Crippen LogP contribution in [0.1, 0.15) is 39.1 Å². The fourth-order valence-corrected chi connectivity index (χ4v) is 3.84. The van der Waals surface area contributed by atoms with Crippen molar-refractivity contribution in [1.82, 2.24) is 14.5 Å². The summed E-state index contributed by atoms with van der Waals surface area (Å²) >= 11 is 5.29. The predicted molar refractivity (Wildman–Crippen MR) is 121 cm³/mol. The summed E-state index contributed by atoms with van der Waals surface area (Å²) in [5, 5.41) is 0.465. The van der Waals surface area contributed by atoms with Crippen molar-refractivity contribution in [3.05, 3.63) is 86.9 Å². The van der Waals surface area contributed by atoms with Crippen LogP contribution in [-0.2, 0) is 13.1 Å². The monoisotopic (exact) mass is 434 g/mol. The van der Waals surface area contributed by atoms with E-state index in [0.29, 0.717) is 35.1 Å². The van der Waals surface area contributed by atoms with Crippen molar-refractivity contribution in [3.63, 3.8) is 0 Å². The van der Waals surface area contributed by atoms with Gasteiger partial charge in [-0.15, -0.1) is 6.58 Å². The van der Waals surface area contributed by atoms with E-state index in [1.54, 1.807) is 36.4 Å². The SMILES string of the molecule is C=CCn1c(=S)[nH]c2cc(C(=O)N(Cc3ccc(C(N)=O)cc3)C3CC3)ccc2c1=O. The van der Waals surface area contributed by atoms with Crippen LogP contribution in [0.4, 0.5) is 0 Å². The van der Waals surface area contributed by atoms with Gasteiger partial charge in [-0.2, -0.15) is 0 Å². The Kier molecular flexibility index (Phi) is 5.56. The number of aromatic amines is 1. The minimum absolute atomic E-state index is 0.113. The number of nitrogens with two attached hydrogens (primary N) is 1. The highest BCUT2D eigenvalue weighted by molar-refractivity contribution is 7.71.